The van der Waals surface area contributed by atoms with Crippen LogP contribution in [0.1, 0.15) is 39.8 Å². The van der Waals surface area contributed by atoms with E-state index in [0.29, 0.717) is 34.5 Å². The summed E-state index contributed by atoms with van der Waals surface area (Å²) in [7, 11) is 0. The molecular formula is C24H27F2N5O2. The molecule has 0 aliphatic rings. The highest BCUT2D eigenvalue weighted by atomic mass is 19.1. The third kappa shape index (κ3) is 6.21. The number of halogens is 2. The topological polar surface area (TPSA) is 96.0 Å². The van der Waals surface area contributed by atoms with Crippen LogP contribution in [0.2, 0.25) is 0 Å². The maximum atomic E-state index is 14.7. The number of hydrogen-bond donors (Lipinski definition) is 3. The fraction of sp³-hybridized carbons (Fsp3) is 0.333. The zero-order valence-electron chi connectivity index (χ0n) is 19.3. The van der Waals surface area contributed by atoms with Crippen molar-refractivity contribution in [2.24, 2.45) is 5.41 Å². The Morgan fingerprint density at radius 3 is 2.39 bits per heavy atom. The number of anilines is 2. The number of carbonyl (C=O) groups is 2. The molecule has 0 spiro atoms. The van der Waals surface area contributed by atoms with E-state index >= 15 is 0 Å². The highest BCUT2D eigenvalue weighted by Gasteiger charge is 2.17. The maximum absolute atomic E-state index is 14.7. The first-order valence-corrected chi connectivity index (χ1v) is 10.5. The zero-order valence-corrected chi connectivity index (χ0v) is 19.3. The van der Waals surface area contributed by atoms with Gasteiger partial charge in [0.05, 0.1) is 11.2 Å². The second-order valence-electron chi connectivity index (χ2n) is 9.07. The third-order valence-electron chi connectivity index (χ3n) is 4.95. The number of nitrogens with zero attached hydrogens (tertiary/aromatic N) is 2. The Kier molecular flexibility index (Phi) is 6.90. The van der Waals surface area contributed by atoms with E-state index in [0.717, 1.165) is 12.5 Å². The van der Waals surface area contributed by atoms with Gasteiger partial charge in [-0.05, 0) is 30.9 Å². The highest BCUT2D eigenvalue weighted by Crippen LogP contribution is 2.32. The minimum atomic E-state index is -0.879. The van der Waals surface area contributed by atoms with Gasteiger partial charge in [0.15, 0.2) is 0 Å². The smallest absolute Gasteiger partial charge is 0.319 e. The summed E-state index contributed by atoms with van der Waals surface area (Å²) in [5.74, 6) is -1.56. The number of rotatable bonds is 5. The molecule has 1 aromatic carbocycles. The number of benzene rings is 1. The summed E-state index contributed by atoms with van der Waals surface area (Å²) in [6.45, 7) is 9.65. The maximum Gasteiger partial charge on any atom is 0.319 e. The highest BCUT2D eigenvalue weighted by molar-refractivity contribution is 5.93. The van der Waals surface area contributed by atoms with Gasteiger partial charge in [-0.1, -0.05) is 20.8 Å². The Bertz CT molecular complexity index is 1220. The van der Waals surface area contributed by atoms with Crippen LogP contribution in [0.5, 0.6) is 0 Å². The van der Waals surface area contributed by atoms with Crippen LogP contribution in [0.15, 0.2) is 30.5 Å². The monoisotopic (exact) mass is 455 g/mol. The van der Waals surface area contributed by atoms with Crippen LogP contribution < -0.4 is 16.0 Å². The van der Waals surface area contributed by atoms with Gasteiger partial charge in [0.1, 0.15) is 17.5 Å². The van der Waals surface area contributed by atoms with E-state index in [-0.39, 0.29) is 22.6 Å². The average Bonchev–Trinajstić information content (AvgIpc) is 2.68. The number of pyridine rings is 2. The van der Waals surface area contributed by atoms with E-state index in [9.17, 15) is 18.4 Å². The minimum absolute atomic E-state index is 0.0416. The van der Waals surface area contributed by atoms with Crippen molar-refractivity contribution in [1.82, 2.24) is 15.3 Å². The van der Waals surface area contributed by atoms with Crippen molar-refractivity contribution in [3.05, 3.63) is 47.8 Å². The molecule has 0 aliphatic heterocycles. The molecule has 7 nitrogen and oxygen atoms in total. The lowest BCUT2D eigenvalue weighted by Crippen LogP contribution is -2.31. The molecule has 0 bridgehead atoms. The summed E-state index contributed by atoms with van der Waals surface area (Å²) in [4.78, 5) is 32.1. The van der Waals surface area contributed by atoms with Crippen LogP contribution in [-0.2, 0) is 4.79 Å². The molecule has 0 atom stereocenters. The number of urea groups is 1. The van der Waals surface area contributed by atoms with Crippen molar-refractivity contribution in [3.63, 3.8) is 0 Å². The molecule has 3 N–H and O–H groups in total. The van der Waals surface area contributed by atoms with E-state index in [2.05, 4.69) is 46.7 Å². The molecule has 0 unspecified atom stereocenters. The largest absolute Gasteiger partial charge is 0.338 e. The summed E-state index contributed by atoms with van der Waals surface area (Å²) in [6, 6.07) is 4.72. The number of hydrogen-bond acceptors (Lipinski definition) is 4. The first kappa shape index (κ1) is 24.0. The quantitative estimate of drug-likeness (QED) is 0.480. The molecular weight excluding hydrogens is 428 g/mol. The van der Waals surface area contributed by atoms with Gasteiger partial charge in [0.25, 0.3) is 0 Å². The van der Waals surface area contributed by atoms with Crippen molar-refractivity contribution < 1.29 is 18.4 Å². The fourth-order valence-electron chi connectivity index (χ4n) is 3.25. The Morgan fingerprint density at radius 1 is 1.00 bits per heavy atom. The zero-order chi connectivity index (χ0) is 24.3. The van der Waals surface area contributed by atoms with E-state index in [1.807, 2.05) is 0 Å². The van der Waals surface area contributed by atoms with Crippen LogP contribution >= 0.6 is 0 Å². The minimum Gasteiger partial charge on any atom is -0.338 e. The van der Waals surface area contributed by atoms with Crippen LogP contribution in [0.25, 0.3) is 22.0 Å². The van der Waals surface area contributed by atoms with Crippen molar-refractivity contribution in [3.8, 4) is 11.1 Å². The summed E-state index contributed by atoms with van der Waals surface area (Å²) in [5, 5.41) is 8.34. The summed E-state index contributed by atoms with van der Waals surface area (Å²) in [5.41, 5.74) is 1.49. The second-order valence-corrected chi connectivity index (χ2v) is 9.07. The average molecular weight is 456 g/mol. The van der Waals surface area contributed by atoms with Gasteiger partial charge in [0.2, 0.25) is 5.91 Å². The van der Waals surface area contributed by atoms with Gasteiger partial charge in [-0.2, -0.15) is 0 Å². The number of aromatic nitrogens is 2. The van der Waals surface area contributed by atoms with Gasteiger partial charge in [-0.25, -0.2) is 18.6 Å². The third-order valence-corrected chi connectivity index (χ3v) is 4.95. The van der Waals surface area contributed by atoms with E-state index in [1.165, 1.54) is 19.2 Å². The van der Waals surface area contributed by atoms with Crippen molar-refractivity contribution in [2.45, 2.75) is 41.0 Å². The van der Waals surface area contributed by atoms with Crippen LogP contribution in [0.4, 0.5) is 25.1 Å². The van der Waals surface area contributed by atoms with Crippen molar-refractivity contribution in [2.75, 3.05) is 17.2 Å². The number of carbonyl (C=O) groups excluding carboxylic acids is 2. The number of nitrogens with one attached hydrogen (secondary N) is 3. The number of aryl methyl sites for hydroxylation is 1. The predicted molar refractivity (Wildman–Crippen MR) is 125 cm³/mol. The molecule has 3 amide bonds. The van der Waals surface area contributed by atoms with Gasteiger partial charge >= 0.3 is 6.03 Å². The van der Waals surface area contributed by atoms with Gasteiger partial charge in [-0.3, -0.25) is 9.78 Å². The van der Waals surface area contributed by atoms with Crippen LogP contribution in [0.3, 0.4) is 0 Å². The normalized spacial score (nSPS) is 11.4. The lowest BCUT2D eigenvalue weighted by molar-refractivity contribution is -0.114. The summed E-state index contributed by atoms with van der Waals surface area (Å²) < 4.78 is 29.1. The van der Waals surface area contributed by atoms with Crippen LogP contribution in [0, 0.1) is 24.0 Å². The van der Waals surface area contributed by atoms with Gasteiger partial charge < -0.3 is 16.0 Å². The number of fused-ring (bicyclic) bond motifs is 1. The molecule has 2 heterocycles. The molecule has 0 radical (unpaired) electrons. The molecule has 3 rings (SSSR count). The summed E-state index contributed by atoms with van der Waals surface area (Å²) >= 11 is 0. The standard InChI is InChI=1S/C24H27F2N5O2/c1-13-16(8-15-12-28-22(30-14(2)32)11-20(15)29-13)17-9-21(19(26)10-18(17)25)31-23(33)27-7-6-24(3,4)5/h8-12H,6-7H2,1-5H3,(H2,27,31,33)(H,28,30,32). The Balaban J connectivity index is 1.90. The van der Waals surface area contributed by atoms with Crippen molar-refractivity contribution in [1.29, 1.82) is 0 Å². The summed E-state index contributed by atoms with van der Waals surface area (Å²) in [6.07, 6.45) is 2.26. The SMILES string of the molecule is CC(=O)Nc1cc2nc(C)c(-c3cc(NC(=O)NCCC(C)(C)C)c(F)cc3F)cc2cn1. The molecule has 2 aromatic heterocycles. The van der Waals surface area contributed by atoms with E-state index < -0.39 is 17.7 Å². The first-order valence-electron chi connectivity index (χ1n) is 10.5. The van der Waals surface area contributed by atoms with E-state index in [1.54, 1.807) is 19.1 Å². The van der Waals surface area contributed by atoms with Gasteiger partial charge in [0, 0.05) is 54.0 Å². The van der Waals surface area contributed by atoms with Crippen molar-refractivity contribution >= 4 is 34.3 Å². The Hall–Kier alpha value is -3.62. The number of amides is 3. The lowest BCUT2D eigenvalue weighted by atomic mass is 9.92. The fourth-order valence-corrected chi connectivity index (χ4v) is 3.25. The predicted octanol–water partition coefficient (Wildman–Crippen LogP) is 5.40. The van der Waals surface area contributed by atoms with Crippen LogP contribution in [-0.4, -0.2) is 28.5 Å². The molecule has 0 saturated heterocycles. The second kappa shape index (κ2) is 9.48. The van der Waals surface area contributed by atoms with Gasteiger partial charge in [-0.15, -0.1) is 0 Å². The molecule has 3 aromatic rings. The van der Waals surface area contributed by atoms with E-state index in [4.69, 9.17) is 0 Å². The molecule has 33 heavy (non-hydrogen) atoms. The molecule has 0 saturated carbocycles. The molecule has 174 valence electrons. The Morgan fingerprint density at radius 2 is 1.73 bits per heavy atom. The lowest BCUT2D eigenvalue weighted by Gasteiger charge is -2.18. The molecule has 0 aliphatic carbocycles. The first-order chi connectivity index (χ1) is 15.4. The molecule has 0 fully saturated rings. The Labute approximate surface area is 191 Å². The molecule has 9 heteroatoms.